The highest BCUT2D eigenvalue weighted by Crippen LogP contribution is 2.42. The zero-order valence-corrected chi connectivity index (χ0v) is 47.5. The van der Waals surface area contributed by atoms with Crippen molar-refractivity contribution < 1.29 is 0 Å². The van der Waals surface area contributed by atoms with Gasteiger partial charge < -0.3 is 9.47 Å². The van der Waals surface area contributed by atoms with E-state index in [2.05, 4.69) is 330 Å². The monoisotopic (exact) mass is 1040 g/mol. The van der Waals surface area contributed by atoms with Gasteiger partial charge in [0.1, 0.15) is 0 Å². The SMILES string of the molecule is CC(C)(C)c1ccc(N(c2ccc(C(C)(C)C)cc2)c2ccc3c(c2)c2cc(-c4ccccc4)ccc2n3-c2cccc([Si]3(c4ccccc4)c4ccccc4[Si](c4ccccc4)(c4ccccc4)c4ccccc43)c2)cc1. The van der Waals surface area contributed by atoms with Crippen LogP contribution in [0.1, 0.15) is 52.7 Å². The Balaban J connectivity index is 1.07. The van der Waals surface area contributed by atoms with Gasteiger partial charge in [-0.2, -0.15) is 0 Å². The second-order valence-electron chi connectivity index (χ2n) is 23.3. The quantitative estimate of drug-likeness (QED) is 0.131. The lowest BCUT2D eigenvalue weighted by Gasteiger charge is -2.48. The maximum absolute atomic E-state index is 3.08. The summed E-state index contributed by atoms with van der Waals surface area (Å²) in [5, 5.41) is 13.9. The van der Waals surface area contributed by atoms with Gasteiger partial charge in [0.2, 0.25) is 0 Å². The average Bonchev–Trinajstić information content (AvgIpc) is 3.96. The fourth-order valence-corrected chi connectivity index (χ4v) is 25.1. The largest absolute Gasteiger partial charge is 0.310 e. The van der Waals surface area contributed by atoms with Crippen LogP contribution in [0.3, 0.4) is 0 Å². The minimum Gasteiger partial charge on any atom is -0.310 e. The van der Waals surface area contributed by atoms with E-state index in [0.29, 0.717) is 0 Å². The zero-order valence-electron chi connectivity index (χ0n) is 45.5. The fourth-order valence-electron chi connectivity index (χ4n) is 13.0. The minimum atomic E-state index is -3.08. The predicted molar refractivity (Wildman–Crippen MR) is 339 cm³/mol. The van der Waals surface area contributed by atoms with E-state index in [1.165, 1.54) is 85.6 Å². The first-order valence-corrected chi connectivity index (χ1v) is 31.6. The molecule has 1 aliphatic rings. The van der Waals surface area contributed by atoms with Crippen LogP contribution < -0.4 is 46.4 Å². The topological polar surface area (TPSA) is 8.17 Å². The summed E-state index contributed by atoms with van der Waals surface area (Å²) in [6.45, 7) is 13.7. The van der Waals surface area contributed by atoms with Gasteiger partial charge in [0, 0.05) is 33.5 Å². The fraction of sp³-hybridized carbons (Fsp3) is 0.108. The summed E-state index contributed by atoms with van der Waals surface area (Å²) < 4.78 is 2.54. The number of hydrogen-bond donors (Lipinski definition) is 0. The van der Waals surface area contributed by atoms with Crippen LogP contribution >= 0.6 is 0 Å². The van der Waals surface area contributed by atoms with E-state index in [0.717, 1.165) is 22.7 Å². The molecule has 0 amide bonds. The van der Waals surface area contributed by atoms with Gasteiger partial charge in [0.05, 0.1) is 11.0 Å². The number of aromatic nitrogens is 1. The molecule has 2 heterocycles. The van der Waals surface area contributed by atoms with Crippen molar-refractivity contribution in [2.75, 3.05) is 4.90 Å². The molecule has 78 heavy (non-hydrogen) atoms. The number of hydrogen-bond acceptors (Lipinski definition) is 1. The van der Waals surface area contributed by atoms with Crippen LogP contribution in [-0.2, 0) is 10.8 Å². The lowest BCUT2D eigenvalue weighted by Crippen LogP contribution is -2.93. The summed E-state index contributed by atoms with van der Waals surface area (Å²) in [6, 6.07) is 107. The molecule has 0 fully saturated rings. The molecular weight excluding hydrogens is 973 g/mol. The Bertz CT molecular complexity index is 3990. The predicted octanol–water partition coefficient (Wildman–Crippen LogP) is 13.6. The van der Waals surface area contributed by atoms with Crippen molar-refractivity contribution in [3.05, 3.63) is 290 Å². The van der Waals surface area contributed by atoms with E-state index in [1.54, 1.807) is 0 Å². The number of fused-ring (bicyclic) bond motifs is 5. The summed E-state index contributed by atoms with van der Waals surface area (Å²) in [7, 11) is -5.94. The van der Waals surface area contributed by atoms with E-state index in [9.17, 15) is 0 Å². The summed E-state index contributed by atoms with van der Waals surface area (Å²) in [5.41, 5.74) is 12.0. The molecule has 12 aromatic rings. The highest BCUT2D eigenvalue weighted by molar-refractivity contribution is 7.32. The standard InChI is InChI=1S/C74H64N2Si2/c1-73(2,3)55-39-43-57(44-40-55)75(58-45-41-56(42-46-58)74(4,5)6)60-47-49-68-66(52-60)65-50-54(53-24-11-7-12-25-53)38-48-67(65)76(68)59-26-23-33-64(51-59)78(63-31-17-10-18-32-63)71-36-21-19-34-69(71)77(61-27-13-8-14-28-61,62-29-15-9-16-30-62)70-35-20-22-37-72(70)78/h7-52H,1-6H3. The Morgan fingerprint density at radius 1 is 0.295 bits per heavy atom. The van der Waals surface area contributed by atoms with Crippen LogP contribution in [0.25, 0.3) is 38.6 Å². The number of rotatable bonds is 9. The van der Waals surface area contributed by atoms with Gasteiger partial charge in [-0.05, 0) is 141 Å². The van der Waals surface area contributed by atoms with Crippen molar-refractivity contribution in [3.8, 4) is 16.8 Å². The van der Waals surface area contributed by atoms with E-state index >= 15 is 0 Å². The van der Waals surface area contributed by atoms with Crippen molar-refractivity contribution >= 4 is 96.5 Å². The number of nitrogens with zero attached hydrogens (tertiary/aromatic N) is 2. The molecule has 0 saturated carbocycles. The van der Waals surface area contributed by atoms with E-state index in [-0.39, 0.29) is 10.8 Å². The van der Waals surface area contributed by atoms with Gasteiger partial charge in [0.25, 0.3) is 0 Å². The molecule has 13 rings (SSSR count). The molecule has 1 aromatic heterocycles. The van der Waals surface area contributed by atoms with E-state index in [1.807, 2.05) is 0 Å². The van der Waals surface area contributed by atoms with Gasteiger partial charge in [0.15, 0.2) is 16.1 Å². The summed E-state index contributed by atoms with van der Waals surface area (Å²) in [5.74, 6) is 0. The van der Waals surface area contributed by atoms with Crippen LogP contribution in [-0.4, -0.2) is 20.7 Å². The van der Waals surface area contributed by atoms with Crippen molar-refractivity contribution in [2.24, 2.45) is 0 Å². The molecule has 1 aliphatic heterocycles. The van der Waals surface area contributed by atoms with Crippen molar-refractivity contribution in [2.45, 2.75) is 52.4 Å². The van der Waals surface area contributed by atoms with Gasteiger partial charge in [-0.1, -0.05) is 254 Å². The highest BCUT2D eigenvalue weighted by atomic mass is 28.3. The Kier molecular flexibility index (Phi) is 12.1. The van der Waals surface area contributed by atoms with Gasteiger partial charge in [-0.15, -0.1) is 0 Å². The third-order valence-electron chi connectivity index (χ3n) is 16.7. The maximum Gasteiger partial charge on any atom is 0.179 e. The summed E-state index contributed by atoms with van der Waals surface area (Å²) >= 11 is 0. The highest BCUT2D eigenvalue weighted by Gasteiger charge is 2.56. The molecule has 0 radical (unpaired) electrons. The Morgan fingerprint density at radius 2 is 0.667 bits per heavy atom. The summed E-state index contributed by atoms with van der Waals surface area (Å²) in [4.78, 5) is 2.44. The molecular formula is C74H64N2Si2. The second kappa shape index (κ2) is 19.2. The molecule has 4 heteroatoms. The molecule has 0 atom stereocenters. The molecule has 378 valence electrons. The first-order chi connectivity index (χ1) is 38.0. The molecule has 0 bridgehead atoms. The van der Waals surface area contributed by atoms with E-state index in [4.69, 9.17) is 0 Å². The minimum absolute atomic E-state index is 0.0375. The van der Waals surface area contributed by atoms with Gasteiger partial charge >= 0.3 is 0 Å². The second-order valence-corrected chi connectivity index (χ2v) is 30.8. The first kappa shape index (κ1) is 49.1. The normalized spacial score (nSPS) is 13.7. The summed E-state index contributed by atoms with van der Waals surface area (Å²) in [6.07, 6.45) is 0. The Labute approximate surface area is 462 Å². The maximum atomic E-state index is 2.56. The van der Waals surface area contributed by atoms with Crippen molar-refractivity contribution in [1.82, 2.24) is 4.57 Å². The van der Waals surface area contributed by atoms with Gasteiger partial charge in [-0.25, -0.2) is 0 Å². The molecule has 2 nitrogen and oxygen atoms in total. The number of benzene rings is 11. The van der Waals surface area contributed by atoms with E-state index < -0.39 is 16.1 Å². The zero-order chi connectivity index (χ0) is 53.2. The van der Waals surface area contributed by atoms with Crippen molar-refractivity contribution in [1.29, 1.82) is 0 Å². The average molecular weight is 1040 g/mol. The van der Waals surface area contributed by atoms with Crippen LogP contribution in [0, 0.1) is 0 Å². The van der Waals surface area contributed by atoms with Crippen LogP contribution in [0.15, 0.2) is 279 Å². The van der Waals surface area contributed by atoms with Crippen molar-refractivity contribution in [3.63, 3.8) is 0 Å². The van der Waals surface area contributed by atoms with Crippen LogP contribution in [0.5, 0.6) is 0 Å². The van der Waals surface area contributed by atoms with Crippen LogP contribution in [0.2, 0.25) is 0 Å². The van der Waals surface area contributed by atoms with Gasteiger partial charge in [-0.3, -0.25) is 0 Å². The smallest absolute Gasteiger partial charge is 0.179 e. The molecule has 11 aromatic carbocycles. The molecule has 0 N–H and O–H groups in total. The lowest BCUT2D eigenvalue weighted by atomic mass is 9.86. The molecule has 0 spiro atoms. The third kappa shape index (κ3) is 7.96. The van der Waals surface area contributed by atoms with Crippen LogP contribution in [0.4, 0.5) is 17.1 Å². The Morgan fingerprint density at radius 3 is 1.12 bits per heavy atom. The molecule has 0 aliphatic carbocycles. The molecule has 0 unspecified atom stereocenters. The third-order valence-corrected chi connectivity index (χ3v) is 27.0. The lowest BCUT2D eigenvalue weighted by molar-refractivity contribution is 0.590. The number of anilines is 3. The first-order valence-electron chi connectivity index (χ1n) is 27.6. The Hall–Kier alpha value is -8.55. The molecule has 0 saturated heterocycles.